The van der Waals surface area contributed by atoms with E-state index in [-0.39, 0.29) is 12.5 Å². The molecule has 0 aliphatic carbocycles. The number of hydrogen-bond donors (Lipinski definition) is 1. The molecule has 0 bridgehead atoms. The molecule has 1 amide bonds. The summed E-state index contributed by atoms with van der Waals surface area (Å²) >= 11 is 0. The standard InChI is InChI=1S/C22H30N2O2/c1-5-24(6-2)15-20-10-8-19(9-11-20)14-23-22(25)16-26-21-12-7-17(3)18(4)13-21/h7-13H,5-6,14-16H2,1-4H3,(H,23,25). The summed E-state index contributed by atoms with van der Waals surface area (Å²) in [6.07, 6.45) is 0. The molecule has 0 aromatic heterocycles. The average Bonchev–Trinajstić information content (AvgIpc) is 2.66. The number of nitrogens with zero attached hydrogens (tertiary/aromatic N) is 1. The maximum absolute atomic E-state index is 12.0. The van der Waals surface area contributed by atoms with Crippen LogP contribution < -0.4 is 10.1 Å². The number of amides is 1. The molecule has 0 aliphatic heterocycles. The van der Waals surface area contributed by atoms with E-state index in [0.29, 0.717) is 6.54 Å². The van der Waals surface area contributed by atoms with Gasteiger partial charge in [0.1, 0.15) is 5.75 Å². The lowest BCUT2D eigenvalue weighted by Gasteiger charge is -2.18. The van der Waals surface area contributed by atoms with Gasteiger partial charge in [0.25, 0.3) is 5.91 Å². The summed E-state index contributed by atoms with van der Waals surface area (Å²) in [5.74, 6) is 0.611. The Morgan fingerprint density at radius 3 is 2.23 bits per heavy atom. The second kappa shape index (κ2) is 9.97. The zero-order chi connectivity index (χ0) is 18.9. The molecule has 26 heavy (non-hydrogen) atoms. The van der Waals surface area contributed by atoms with Gasteiger partial charge in [-0.2, -0.15) is 0 Å². The Bertz CT molecular complexity index is 707. The first-order valence-corrected chi connectivity index (χ1v) is 9.28. The van der Waals surface area contributed by atoms with E-state index in [4.69, 9.17) is 4.74 Å². The third kappa shape index (κ3) is 6.19. The van der Waals surface area contributed by atoms with Gasteiger partial charge in [-0.25, -0.2) is 0 Å². The van der Waals surface area contributed by atoms with Crippen LogP contribution in [-0.4, -0.2) is 30.5 Å². The first-order valence-electron chi connectivity index (χ1n) is 9.28. The van der Waals surface area contributed by atoms with E-state index >= 15 is 0 Å². The molecule has 0 atom stereocenters. The average molecular weight is 354 g/mol. The highest BCUT2D eigenvalue weighted by Crippen LogP contribution is 2.16. The van der Waals surface area contributed by atoms with Crippen molar-refractivity contribution >= 4 is 5.91 Å². The Morgan fingerprint density at radius 1 is 0.962 bits per heavy atom. The highest BCUT2D eigenvalue weighted by molar-refractivity contribution is 5.77. The monoisotopic (exact) mass is 354 g/mol. The maximum atomic E-state index is 12.0. The highest BCUT2D eigenvalue weighted by atomic mass is 16.5. The normalized spacial score (nSPS) is 10.8. The van der Waals surface area contributed by atoms with E-state index in [1.807, 2.05) is 25.1 Å². The van der Waals surface area contributed by atoms with E-state index < -0.39 is 0 Å². The third-order valence-electron chi connectivity index (χ3n) is 4.66. The molecular formula is C22H30N2O2. The van der Waals surface area contributed by atoms with E-state index in [1.165, 1.54) is 11.1 Å². The van der Waals surface area contributed by atoms with Crippen LogP contribution in [0.3, 0.4) is 0 Å². The smallest absolute Gasteiger partial charge is 0.258 e. The van der Waals surface area contributed by atoms with Crippen LogP contribution in [0.2, 0.25) is 0 Å². The van der Waals surface area contributed by atoms with Crippen molar-refractivity contribution in [3.8, 4) is 5.75 Å². The van der Waals surface area contributed by atoms with Gasteiger partial charge in [-0.3, -0.25) is 9.69 Å². The number of benzene rings is 2. The van der Waals surface area contributed by atoms with Crippen LogP contribution >= 0.6 is 0 Å². The lowest BCUT2D eigenvalue weighted by molar-refractivity contribution is -0.123. The summed E-state index contributed by atoms with van der Waals surface area (Å²) in [7, 11) is 0. The zero-order valence-corrected chi connectivity index (χ0v) is 16.3. The molecular weight excluding hydrogens is 324 g/mol. The third-order valence-corrected chi connectivity index (χ3v) is 4.66. The number of nitrogens with one attached hydrogen (secondary N) is 1. The maximum Gasteiger partial charge on any atom is 0.258 e. The molecule has 0 saturated carbocycles. The molecule has 0 heterocycles. The van der Waals surface area contributed by atoms with Gasteiger partial charge >= 0.3 is 0 Å². The number of rotatable bonds is 9. The number of ether oxygens (including phenoxy) is 1. The van der Waals surface area contributed by atoms with E-state index in [0.717, 1.165) is 36.5 Å². The van der Waals surface area contributed by atoms with Crippen molar-refractivity contribution in [1.82, 2.24) is 10.2 Å². The van der Waals surface area contributed by atoms with Gasteiger partial charge < -0.3 is 10.1 Å². The largest absolute Gasteiger partial charge is 0.484 e. The highest BCUT2D eigenvalue weighted by Gasteiger charge is 2.05. The van der Waals surface area contributed by atoms with Crippen molar-refractivity contribution in [2.45, 2.75) is 40.8 Å². The van der Waals surface area contributed by atoms with Gasteiger partial charge in [-0.1, -0.05) is 44.2 Å². The number of hydrogen-bond acceptors (Lipinski definition) is 3. The fraction of sp³-hybridized carbons (Fsp3) is 0.409. The van der Waals surface area contributed by atoms with Crippen molar-refractivity contribution in [3.63, 3.8) is 0 Å². The molecule has 0 fully saturated rings. The summed E-state index contributed by atoms with van der Waals surface area (Å²) < 4.78 is 5.56. The molecule has 2 aromatic rings. The lowest BCUT2D eigenvalue weighted by atomic mass is 10.1. The SMILES string of the molecule is CCN(CC)Cc1ccc(CNC(=O)COc2ccc(C)c(C)c2)cc1. The van der Waals surface area contributed by atoms with E-state index in [9.17, 15) is 4.79 Å². The van der Waals surface area contributed by atoms with Gasteiger partial charge in [0.15, 0.2) is 6.61 Å². The molecule has 0 spiro atoms. The minimum atomic E-state index is -0.115. The van der Waals surface area contributed by atoms with Gasteiger partial charge in [-0.15, -0.1) is 0 Å². The van der Waals surface area contributed by atoms with Gasteiger partial charge in [-0.05, 0) is 61.3 Å². The second-order valence-electron chi connectivity index (χ2n) is 6.59. The molecule has 2 rings (SSSR count). The predicted octanol–water partition coefficient (Wildman–Crippen LogP) is 3.84. The molecule has 0 saturated heterocycles. The molecule has 0 radical (unpaired) electrons. The van der Waals surface area contributed by atoms with Crippen LogP contribution in [0.4, 0.5) is 0 Å². The predicted molar refractivity (Wildman–Crippen MR) is 106 cm³/mol. The van der Waals surface area contributed by atoms with Crippen LogP contribution in [0.1, 0.15) is 36.1 Å². The molecule has 2 aromatic carbocycles. The Balaban J connectivity index is 1.77. The van der Waals surface area contributed by atoms with Crippen molar-refractivity contribution in [2.24, 2.45) is 0 Å². The lowest BCUT2D eigenvalue weighted by Crippen LogP contribution is -2.28. The van der Waals surface area contributed by atoms with Crippen molar-refractivity contribution < 1.29 is 9.53 Å². The second-order valence-corrected chi connectivity index (χ2v) is 6.59. The summed E-state index contributed by atoms with van der Waals surface area (Å²) in [6, 6.07) is 14.3. The molecule has 4 nitrogen and oxygen atoms in total. The fourth-order valence-corrected chi connectivity index (χ4v) is 2.67. The van der Waals surface area contributed by atoms with Crippen molar-refractivity contribution in [2.75, 3.05) is 19.7 Å². The fourth-order valence-electron chi connectivity index (χ4n) is 2.67. The molecule has 0 unspecified atom stereocenters. The summed E-state index contributed by atoms with van der Waals surface area (Å²) in [5, 5.41) is 2.90. The van der Waals surface area contributed by atoms with E-state index in [2.05, 4.69) is 55.3 Å². The summed E-state index contributed by atoms with van der Waals surface area (Å²) in [6.45, 7) is 12.0. The van der Waals surface area contributed by atoms with Crippen LogP contribution in [0.5, 0.6) is 5.75 Å². The van der Waals surface area contributed by atoms with Crippen LogP contribution in [0.15, 0.2) is 42.5 Å². The Kier molecular flexibility index (Phi) is 7.67. The van der Waals surface area contributed by atoms with Crippen molar-refractivity contribution in [1.29, 1.82) is 0 Å². The summed E-state index contributed by atoms with van der Waals surface area (Å²) in [4.78, 5) is 14.4. The minimum Gasteiger partial charge on any atom is -0.484 e. The van der Waals surface area contributed by atoms with Crippen LogP contribution in [0, 0.1) is 13.8 Å². The quantitative estimate of drug-likeness (QED) is 0.744. The number of carbonyl (C=O) groups is 1. The summed E-state index contributed by atoms with van der Waals surface area (Å²) in [5.41, 5.74) is 4.76. The Morgan fingerprint density at radius 2 is 1.62 bits per heavy atom. The Labute approximate surface area is 157 Å². The van der Waals surface area contributed by atoms with Crippen molar-refractivity contribution in [3.05, 3.63) is 64.7 Å². The van der Waals surface area contributed by atoms with E-state index in [1.54, 1.807) is 0 Å². The van der Waals surface area contributed by atoms with Gasteiger partial charge in [0.05, 0.1) is 0 Å². The number of aryl methyl sites for hydroxylation is 2. The van der Waals surface area contributed by atoms with Gasteiger partial charge in [0, 0.05) is 13.1 Å². The molecule has 4 heteroatoms. The Hall–Kier alpha value is -2.33. The zero-order valence-electron chi connectivity index (χ0n) is 16.3. The minimum absolute atomic E-state index is 0.0303. The molecule has 1 N–H and O–H groups in total. The van der Waals surface area contributed by atoms with Crippen LogP contribution in [-0.2, 0) is 17.9 Å². The first-order chi connectivity index (χ1) is 12.5. The number of carbonyl (C=O) groups excluding carboxylic acids is 1. The molecule has 0 aliphatic rings. The first kappa shape index (κ1) is 20.0. The topological polar surface area (TPSA) is 41.6 Å². The van der Waals surface area contributed by atoms with Gasteiger partial charge in [0.2, 0.25) is 0 Å². The molecule has 140 valence electrons. The van der Waals surface area contributed by atoms with Crippen LogP contribution in [0.25, 0.3) is 0 Å².